The summed E-state index contributed by atoms with van der Waals surface area (Å²) in [5.74, 6) is -0.825. The number of anilines is 2. The largest absolute Gasteiger partial charge is 0.354 e. The Bertz CT molecular complexity index is 1340. The molecule has 1 aromatic carbocycles. The molecule has 2 aromatic rings. The van der Waals surface area contributed by atoms with E-state index in [9.17, 15) is 24.0 Å². The molecule has 1 atom stereocenters. The summed E-state index contributed by atoms with van der Waals surface area (Å²) in [6.07, 6.45) is 4.79. The fraction of sp³-hybridized carbons (Fsp3) is 0.464. The number of carbonyl (C=O) groups is 5. The molecule has 0 aliphatic carbocycles. The second kappa shape index (κ2) is 11.9. The van der Waals surface area contributed by atoms with Gasteiger partial charge in [-0.3, -0.25) is 39.1 Å². The summed E-state index contributed by atoms with van der Waals surface area (Å²) >= 11 is 0. The number of imide groups is 2. The van der Waals surface area contributed by atoms with Crippen molar-refractivity contribution in [3.63, 3.8) is 0 Å². The molecule has 2 saturated heterocycles. The number of rotatable bonds is 9. The molecule has 210 valence electrons. The first-order valence-corrected chi connectivity index (χ1v) is 13.7. The Morgan fingerprint density at radius 2 is 1.82 bits per heavy atom. The minimum atomic E-state index is -1.05. The van der Waals surface area contributed by atoms with Crippen molar-refractivity contribution >= 4 is 41.0 Å². The number of benzene rings is 1. The van der Waals surface area contributed by atoms with Gasteiger partial charge < -0.3 is 10.2 Å². The topological polar surface area (TPSA) is 145 Å². The van der Waals surface area contributed by atoms with Crippen LogP contribution in [0.3, 0.4) is 0 Å². The highest BCUT2D eigenvalue weighted by atomic mass is 16.2. The summed E-state index contributed by atoms with van der Waals surface area (Å²) in [5, 5.41) is 4.96. The predicted octanol–water partition coefficient (Wildman–Crippen LogP) is 1.51. The van der Waals surface area contributed by atoms with E-state index in [0.717, 1.165) is 62.1 Å². The van der Waals surface area contributed by atoms with E-state index < -0.39 is 29.7 Å². The Labute approximate surface area is 232 Å². The number of unbranched alkanes of at least 4 members (excludes halogenated alkanes) is 2. The Balaban J connectivity index is 1.06. The number of amides is 5. The van der Waals surface area contributed by atoms with E-state index in [-0.39, 0.29) is 35.6 Å². The van der Waals surface area contributed by atoms with Crippen molar-refractivity contribution in [3.8, 4) is 0 Å². The molecule has 5 rings (SSSR count). The maximum atomic E-state index is 13.2. The number of carbonyl (C=O) groups excluding carboxylic acids is 5. The van der Waals surface area contributed by atoms with Crippen LogP contribution in [0, 0.1) is 6.92 Å². The number of nitrogens with one attached hydrogen (secondary N) is 2. The fourth-order valence-corrected chi connectivity index (χ4v) is 5.45. The quantitative estimate of drug-likeness (QED) is 0.352. The lowest BCUT2D eigenvalue weighted by atomic mass is 10.0. The molecule has 40 heavy (non-hydrogen) atoms. The molecule has 0 saturated carbocycles. The third-order valence-electron chi connectivity index (χ3n) is 7.58. The lowest BCUT2D eigenvalue weighted by Gasteiger charge is -2.35. The van der Waals surface area contributed by atoms with Gasteiger partial charge in [-0.15, -0.1) is 0 Å². The fourth-order valence-electron chi connectivity index (χ4n) is 5.45. The van der Waals surface area contributed by atoms with Gasteiger partial charge in [0.25, 0.3) is 11.8 Å². The maximum Gasteiger partial charge on any atom is 0.264 e. The standard InChI is InChI=1S/C28H33N7O5/c1-18-29-12-11-22(30-18)34-16-14-33(15-17-34)13-4-2-3-8-23(36)31-20-7-5-6-19-25(20)28(40)35(27(19)39)21-9-10-24(37)32-26(21)38/h5-7,11-12,21H,2-4,8-10,13-17H2,1H3,(H,31,36)(H,32,37,38). The van der Waals surface area contributed by atoms with Gasteiger partial charge in [-0.2, -0.15) is 0 Å². The first kappa shape index (κ1) is 27.4. The van der Waals surface area contributed by atoms with E-state index in [1.165, 1.54) is 6.07 Å². The van der Waals surface area contributed by atoms with Crippen molar-refractivity contribution < 1.29 is 24.0 Å². The van der Waals surface area contributed by atoms with Crippen LogP contribution in [0.5, 0.6) is 0 Å². The normalized spacial score (nSPS) is 19.6. The molecule has 0 radical (unpaired) electrons. The second-order valence-electron chi connectivity index (χ2n) is 10.3. The zero-order chi connectivity index (χ0) is 28.2. The number of hydrogen-bond donors (Lipinski definition) is 2. The van der Waals surface area contributed by atoms with E-state index >= 15 is 0 Å². The van der Waals surface area contributed by atoms with Crippen LogP contribution in [-0.2, 0) is 14.4 Å². The zero-order valence-electron chi connectivity index (χ0n) is 22.5. The molecular weight excluding hydrogens is 514 g/mol. The van der Waals surface area contributed by atoms with Gasteiger partial charge in [0.05, 0.1) is 16.8 Å². The average molecular weight is 548 g/mol. The van der Waals surface area contributed by atoms with Crippen molar-refractivity contribution in [2.45, 2.75) is 51.5 Å². The van der Waals surface area contributed by atoms with Crippen LogP contribution >= 0.6 is 0 Å². The van der Waals surface area contributed by atoms with Gasteiger partial charge in [-0.1, -0.05) is 12.5 Å². The van der Waals surface area contributed by atoms with Crippen LogP contribution in [-0.4, -0.2) is 88.1 Å². The van der Waals surface area contributed by atoms with Gasteiger partial charge in [0, 0.05) is 45.2 Å². The summed E-state index contributed by atoms with van der Waals surface area (Å²) in [6, 6.07) is 5.58. The first-order chi connectivity index (χ1) is 19.3. The Morgan fingerprint density at radius 3 is 2.58 bits per heavy atom. The molecular formula is C28H33N7O5. The molecule has 1 unspecified atom stereocenters. The molecule has 3 aliphatic rings. The lowest BCUT2D eigenvalue weighted by Crippen LogP contribution is -2.54. The van der Waals surface area contributed by atoms with Crippen LogP contribution in [0.4, 0.5) is 11.5 Å². The van der Waals surface area contributed by atoms with E-state index in [1.807, 2.05) is 13.0 Å². The molecule has 1 aromatic heterocycles. The van der Waals surface area contributed by atoms with Crippen molar-refractivity contribution in [2.75, 3.05) is 42.9 Å². The second-order valence-corrected chi connectivity index (χ2v) is 10.3. The molecule has 12 heteroatoms. The van der Waals surface area contributed by atoms with Crippen LogP contribution in [0.1, 0.15) is 65.1 Å². The number of piperidine rings is 1. The Hall–Kier alpha value is -4.19. The van der Waals surface area contributed by atoms with Crippen LogP contribution in [0.15, 0.2) is 30.5 Å². The average Bonchev–Trinajstić information content (AvgIpc) is 3.19. The summed E-state index contributed by atoms with van der Waals surface area (Å²) in [4.78, 5) is 76.9. The number of piperazine rings is 1. The Kier molecular flexibility index (Phi) is 8.15. The number of nitrogens with zero attached hydrogens (tertiary/aromatic N) is 5. The molecule has 0 bridgehead atoms. The van der Waals surface area contributed by atoms with Gasteiger partial charge >= 0.3 is 0 Å². The summed E-state index contributed by atoms with van der Waals surface area (Å²) in [6.45, 7) is 6.63. The van der Waals surface area contributed by atoms with E-state index in [4.69, 9.17) is 0 Å². The summed E-state index contributed by atoms with van der Waals surface area (Å²) in [5.41, 5.74) is 0.483. The van der Waals surface area contributed by atoms with Gasteiger partial charge in [-0.25, -0.2) is 9.97 Å². The van der Waals surface area contributed by atoms with Crippen molar-refractivity contribution in [2.24, 2.45) is 0 Å². The van der Waals surface area contributed by atoms with Crippen LogP contribution in [0.2, 0.25) is 0 Å². The van der Waals surface area contributed by atoms with Crippen molar-refractivity contribution in [3.05, 3.63) is 47.4 Å². The minimum absolute atomic E-state index is 0.0480. The third-order valence-corrected chi connectivity index (χ3v) is 7.58. The predicted molar refractivity (Wildman–Crippen MR) is 146 cm³/mol. The highest BCUT2D eigenvalue weighted by Crippen LogP contribution is 2.32. The smallest absolute Gasteiger partial charge is 0.264 e. The molecule has 0 spiro atoms. The van der Waals surface area contributed by atoms with Crippen LogP contribution in [0.25, 0.3) is 0 Å². The third kappa shape index (κ3) is 5.86. The molecule has 12 nitrogen and oxygen atoms in total. The number of aryl methyl sites for hydroxylation is 1. The molecule has 2 N–H and O–H groups in total. The summed E-state index contributed by atoms with van der Waals surface area (Å²) in [7, 11) is 0. The first-order valence-electron chi connectivity index (χ1n) is 13.7. The molecule has 3 aliphatic heterocycles. The van der Waals surface area contributed by atoms with Crippen molar-refractivity contribution in [1.82, 2.24) is 25.1 Å². The highest BCUT2D eigenvalue weighted by Gasteiger charge is 2.45. The Morgan fingerprint density at radius 1 is 1.02 bits per heavy atom. The summed E-state index contributed by atoms with van der Waals surface area (Å²) < 4.78 is 0. The van der Waals surface area contributed by atoms with Gasteiger partial charge in [-0.05, 0) is 50.9 Å². The number of aromatic nitrogens is 2. The molecule has 2 fully saturated rings. The lowest BCUT2D eigenvalue weighted by molar-refractivity contribution is -0.136. The van der Waals surface area contributed by atoms with Crippen molar-refractivity contribution in [1.29, 1.82) is 0 Å². The van der Waals surface area contributed by atoms with Gasteiger partial charge in [0.15, 0.2) is 0 Å². The molecule has 5 amide bonds. The van der Waals surface area contributed by atoms with E-state index in [0.29, 0.717) is 12.8 Å². The minimum Gasteiger partial charge on any atom is -0.354 e. The number of hydrogen-bond acceptors (Lipinski definition) is 9. The van der Waals surface area contributed by atoms with Gasteiger partial charge in [0.2, 0.25) is 17.7 Å². The van der Waals surface area contributed by atoms with E-state index in [2.05, 4.69) is 30.4 Å². The van der Waals surface area contributed by atoms with E-state index in [1.54, 1.807) is 18.3 Å². The monoisotopic (exact) mass is 547 g/mol. The number of fused-ring (bicyclic) bond motifs is 1. The molecule has 4 heterocycles. The van der Waals surface area contributed by atoms with Gasteiger partial charge in [0.1, 0.15) is 17.7 Å². The maximum absolute atomic E-state index is 13.2. The van der Waals surface area contributed by atoms with Crippen LogP contribution < -0.4 is 15.5 Å². The SMILES string of the molecule is Cc1nccc(N2CCN(CCCCCC(=O)Nc3cccc4c3C(=O)N(C3CCC(=O)NC3=O)C4=O)CC2)n1. The highest BCUT2D eigenvalue weighted by molar-refractivity contribution is 6.26. The zero-order valence-corrected chi connectivity index (χ0v) is 22.5.